The molecule has 1 saturated heterocycles. The maximum atomic E-state index is 6.14. The second-order valence-corrected chi connectivity index (χ2v) is 6.28. The lowest BCUT2D eigenvalue weighted by Gasteiger charge is -2.26. The van der Waals surface area contributed by atoms with Crippen LogP contribution < -0.4 is 9.47 Å². The normalized spacial score (nSPS) is 25.5. The van der Waals surface area contributed by atoms with E-state index in [1.807, 2.05) is 18.2 Å². The predicted octanol–water partition coefficient (Wildman–Crippen LogP) is 4.05. The highest BCUT2D eigenvalue weighted by atomic mass is 16.5. The number of fused-ring (bicyclic) bond motifs is 1. The maximum Gasteiger partial charge on any atom is 0.124 e. The summed E-state index contributed by atoms with van der Waals surface area (Å²) in [5, 5.41) is 0. The van der Waals surface area contributed by atoms with Crippen molar-refractivity contribution in [1.82, 2.24) is 0 Å². The van der Waals surface area contributed by atoms with Crippen LogP contribution in [0.4, 0.5) is 0 Å². The molecule has 2 aromatic rings. The van der Waals surface area contributed by atoms with Gasteiger partial charge in [0.05, 0.1) is 33.0 Å². The molecule has 0 amide bonds. The molecule has 0 N–H and O–H groups in total. The highest BCUT2D eigenvalue weighted by Crippen LogP contribution is 2.49. The van der Waals surface area contributed by atoms with E-state index >= 15 is 0 Å². The fourth-order valence-corrected chi connectivity index (χ4v) is 3.87. The van der Waals surface area contributed by atoms with Gasteiger partial charge in [0.25, 0.3) is 0 Å². The van der Waals surface area contributed by atoms with Crippen LogP contribution in [0.5, 0.6) is 11.5 Å². The molecular weight excluding hydrogens is 304 g/mol. The molecule has 4 heteroatoms. The summed E-state index contributed by atoms with van der Waals surface area (Å²) in [6.45, 7) is 1.41. The summed E-state index contributed by atoms with van der Waals surface area (Å²) < 4.78 is 23.2. The Kier molecular flexibility index (Phi) is 4.17. The highest BCUT2D eigenvalue weighted by molar-refractivity contribution is 5.43. The van der Waals surface area contributed by atoms with Gasteiger partial charge in [-0.05, 0) is 35.7 Å². The van der Waals surface area contributed by atoms with E-state index in [1.54, 1.807) is 14.2 Å². The summed E-state index contributed by atoms with van der Waals surface area (Å²) in [6, 6.07) is 14.3. The second-order valence-electron chi connectivity index (χ2n) is 6.28. The molecule has 24 heavy (non-hydrogen) atoms. The molecule has 0 unspecified atom stereocenters. The van der Waals surface area contributed by atoms with Gasteiger partial charge in [-0.15, -0.1) is 0 Å². The molecule has 126 valence electrons. The summed E-state index contributed by atoms with van der Waals surface area (Å²) in [7, 11) is 3.37. The van der Waals surface area contributed by atoms with E-state index in [0.717, 1.165) is 30.1 Å². The van der Waals surface area contributed by atoms with Gasteiger partial charge >= 0.3 is 0 Å². The number of hydrogen-bond acceptors (Lipinski definition) is 4. The fourth-order valence-electron chi connectivity index (χ4n) is 3.87. The van der Waals surface area contributed by atoms with Crippen LogP contribution in [0.1, 0.15) is 35.3 Å². The molecule has 0 bridgehead atoms. The van der Waals surface area contributed by atoms with Crippen molar-refractivity contribution in [2.75, 3.05) is 20.8 Å². The van der Waals surface area contributed by atoms with Gasteiger partial charge in [-0.25, -0.2) is 0 Å². The first-order valence-corrected chi connectivity index (χ1v) is 8.34. The molecule has 4 nitrogen and oxygen atoms in total. The zero-order valence-corrected chi connectivity index (χ0v) is 14.0. The molecule has 0 saturated carbocycles. The SMILES string of the molecule is COc1ccc(OC)c([C@@H]2OCC[C@H]2[C@H]2OCc3ccccc32)c1. The average molecular weight is 326 g/mol. The van der Waals surface area contributed by atoms with Crippen LogP contribution in [0.15, 0.2) is 42.5 Å². The van der Waals surface area contributed by atoms with Gasteiger partial charge in [0.15, 0.2) is 0 Å². The van der Waals surface area contributed by atoms with Crippen molar-refractivity contribution in [3.63, 3.8) is 0 Å². The molecule has 3 atom stereocenters. The standard InChI is InChI=1S/C20H22O4/c1-21-14-7-8-18(22-2)17(11-14)20-16(9-10-23-20)19-15-6-4-3-5-13(15)12-24-19/h3-8,11,16,19-20H,9-10,12H2,1-2H3/t16-,19-,20+/m0/s1. The van der Waals surface area contributed by atoms with Crippen molar-refractivity contribution >= 4 is 0 Å². The van der Waals surface area contributed by atoms with Gasteiger partial charge in [0.1, 0.15) is 11.5 Å². The summed E-state index contributed by atoms with van der Waals surface area (Å²) in [5.74, 6) is 1.92. The van der Waals surface area contributed by atoms with E-state index in [2.05, 4.69) is 24.3 Å². The predicted molar refractivity (Wildman–Crippen MR) is 90.3 cm³/mol. The molecule has 4 rings (SSSR count). The third kappa shape index (κ3) is 2.56. The molecule has 1 fully saturated rings. The van der Waals surface area contributed by atoms with Crippen LogP contribution in [-0.2, 0) is 16.1 Å². The van der Waals surface area contributed by atoms with Gasteiger partial charge in [0.2, 0.25) is 0 Å². The quantitative estimate of drug-likeness (QED) is 0.849. The monoisotopic (exact) mass is 326 g/mol. The smallest absolute Gasteiger partial charge is 0.124 e. The molecule has 0 aromatic heterocycles. The largest absolute Gasteiger partial charge is 0.497 e. The lowest BCUT2D eigenvalue weighted by atomic mass is 9.86. The third-order valence-electron chi connectivity index (χ3n) is 5.05. The zero-order chi connectivity index (χ0) is 16.5. The Morgan fingerprint density at radius 1 is 0.917 bits per heavy atom. The highest BCUT2D eigenvalue weighted by Gasteiger charge is 2.41. The Hall–Kier alpha value is -2.04. The Labute approximate surface area is 142 Å². The first-order valence-electron chi connectivity index (χ1n) is 8.34. The van der Waals surface area contributed by atoms with Crippen molar-refractivity contribution in [2.45, 2.75) is 25.2 Å². The van der Waals surface area contributed by atoms with Crippen LogP contribution in [0.25, 0.3) is 0 Å². The molecule has 0 aliphatic carbocycles. The Morgan fingerprint density at radius 3 is 2.58 bits per heavy atom. The maximum absolute atomic E-state index is 6.14. The van der Waals surface area contributed by atoms with E-state index in [1.165, 1.54) is 11.1 Å². The summed E-state index contributed by atoms with van der Waals surface area (Å²) in [5.41, 5.74) is 3.61. The van der Waals surface area contributed by atoms with E-state index in [0.29, 0.717) is 6.61 Å². The minimum Gasteiger partial charge on any atom is -0.497 e. The van der Waals surface area contributed by atoms with Crippen molar-refractivity contribution in [3.05, 3.63) is 59.2 Å². The first-order chi connectivity index (χ1) is 11.8. The van der Waals surface area contributed by atoms with Crippen molar-refractivity contribution in [3.8, 4) is 11.5 Å². The van der Waals surface area contributed by atoms with Gasteiger partial charge in [-0.2, -0.15) is 0 Å². The van der Waals surface area contributed by atoms with Gasteiger partial charge < -0.3 is 18.9 Å². The van der Waals surface area contributed by atoms with Crippen LogP contribution in [-0.4, -0.2) is 20.8 Å². The lowest BCUT2D eigenvalue weighted by Crippen LogP contribution is -2.17. The molecule has 2 aliphatic heterocycles. The number of hydrogen-bond donors (Lipinski definition) is 0. The minimum atomic E-state index is -0.0498. The Bertz CT molecular complexity index is 727. The van der Waals surface area contributed by atoms with E-state index < -0.39 is 0 Å². The number of benzene rings is 2. The fraction of sp³-hybridized carbons (Fsp3) is 0.400. The number of ether oxygens (including phenoxy) is 4. The van der Waals surface area contributed by atoms with E-state index in [9.17, 15) is 0 Å². The number of methoxy groups -OCH3 is 2. The van der Waals surface area contributed by atoms with Crippen molar-refractivity contribution in [1.29, 1.82) is 0 Å². The van der Waals surface area contributed by atoms with Crippen molar-refractivity contribution < 1.29 is 18.9 Å². The number of rotatable bonds is 4. The van der Waals surface area contributed by atoms with E-state index in [4.69, 9.17) is 18.9 Å². The third-order valence-corrected chi connectivity index (χ3v) is 5.05. The molecular formula is C20H22O4. The van der Waals surface area contributed by atoms with Crippen LogP contribution in [0.3, 0.4) is 0 Å². The molecule has 2 heterocycles. The zero-order valence-electron chi connectivity index (χ0n) is 14.0. The molecule has 2 aliphatic rings. The van der Waals surface area contributed by atoms with Gasteiger partial charge in [0, 0.05) is 18.1 Å². The Morgan fingerprint density at radius 2 is 1.75 bits per heavy atom. The summed E-state index contributed by atoms with van der Waals surface area (Å²) in [6.07, 6.45) is 1.00. The lowest BCUT2D eigenvalue weighted by molar-refractivity contribution is -0.0122. The summed E-state index contributed by atoms with van der Waals surface area (Å²) in [4.78, 5) is 0. The Balaban J connectivity index is 1.69. The first kappa shape index (κ1) is 15.5. The molecule has 2 aromatic carbocycles. The summed E-state index contributed by atoms with van der Waals surface area (Å²) >= 11 is 0. The van der Waals surface area contributed by atoms with Crippen LogP contribution in [0, 0.1) is 5.92 Å². The molecule has 0 spiro atoms. The topological polar surface area (TPSA) is 36.9 Å². The van der Waals surface area contributed by atoms with Crippen LogP contribution >= 0.6 is 0 Å². The van der Waals surface area contributed by atoms with Crippen LogP contribution in [0.2, 0.25) is 0 Å². The van der Waals surface area contributed by atoms with Crippen molar-refractivity contribution in [2.24, 2.45) is 5.92 Å². The van der Waals surface area contributed by atoms with E-state index in [-0.39, 0.29) is 18.1 Å². The van der Waals surface area contributed by atoms with Gasteiger partial charge in [-0.1, -0.05) is 24.3 Å². The van der Waals surface area contributed by atoms with Gasteiger partial charge in [-0.3, -0.25) is 0 Å². The molecule has 0 radical (unpaired) electrons. The minimum absolute atomic E-state index is 0.0498. The average Bonchev–Trinajstić information content (AvgIpc) is 3.27. The second kappa shape index (κ2) is 6.46.